The molecule has 0 radical (unpaired) electrons. The van der Waals surface area contributed by atoms with Crippen LogP contribution in [0.5, 0.6) is 0 Å². The normalized spacial score (nSPS) is 31.8. The summed E-state index contributed by atoms with van der Waals surface area (Å²) in [6.07, 6.45) is 0.650. The molecular formula is C8H16N2O. The summed E-state index contributed by atoms with van der Waals surface area (Å²) in [5, 5.41) is 6.64. The Morgan fingerprint density at radius 3 is 2.82 bits per heavy atom. The van der Waals surface area contributed by atoms with Crippen molar-refractivity contribution in [1.29, 1.82) is 0 Å². The van der Waals surface area contributed by atoms with Crippen LogP contribution in [0.15, 0.2) is 0 Å². The van der Waals surface area contributed by atoms with Crippen molar-refractivity contribution in [3.63, 3.8) is 0 Å². The van der Waals surface area contributed by atoms with E-state index in [2.05, 4.69) is 17.6 Å². The third-order valence-corrected chi connectivity index (χ3v) is 1.90. The lowest BCUT2D eigenvalue weighted by Gasteiger charge is -2.28. The van der Waals surface area contributed by atoms with Crippen molar-refractivity contribution < 1.29 is 4.79 Å². The first kappa shape index (κ1) is 8.68. The number of hydrogen-bond donors (Lipinski definition) is 2. The Labute approximate surface area is 67.5 Å². The molecule has 11 heavy (non-hydrogen) atoms. The van der Waals surface area contributed by atoms with E-state index in [0.29, 0.717) is 18.5 Å². The summed E-state index contributed by atoms with van der Waals surface area (Å²) in [4.78, 5) is 10.8. The van der Waals surface area contributed by atoms with Crippen LogP contribution in [0.25, 0.3) is 0 Å². The van der Waals surface area contributed by atoms with Gasteiger partial charge in [-0.2, -0.15) is 0 Å². The molecule has 1 rings (SSSR count). The standard InChI is InChI=1S/C8H16N2O/c1-6-4-9-5-8(10-6)3-7(2)11/h6,8-10H,3-5H2,1-2H3/t6-,8-/m1/s1. The highest BCUT2D eigenvalue weighted by Gasteiger charge is 2.17. The molecule has 0 aromatic carbocycles. The quantitative estimate of drug-likeness (QED) is 0.587. The number of rotatable bonds is 2. The van der Waals surface area contributed by atoms with Gasteiger partial charge in [-0.05, 0) is 13.8 Å². The second-order valence-electron chi connectivity index (χ2n) is 3.33. The molecule has 0 unspecified atom stereocenters. The summed E-state index contributed by atoms with van der Waals surface area (Å²) in [6.45, 7) is 5.69. The molecule has 64 valence electrons. The van der Waals surface area contributed by atoms with Crippen molar-refractivity contribution in [2.24, 2.45) is 0 Å². The Bertz CT molecular complexity index is 147. The lowest BCUT2D eigenvalue weighted by molar-refractivity contribution is -0.117. The maximum absolute atomic E-state index is 10.8. The highest BCUT2D eigenvalue weighted by atomic mass is 16.1. The number of nitrogens with one attached hydrogen (secondary N) is 2. The van der Waals surface area contributed by atoms with Crippen LogP contribution in [0.3, 0.4) is 0 Å². The summed E-state index contributed by atoms with van der Waals surface area (Å²) < 4.78 is 0. The number of carbonyl (C=O) groups is 1. The van der Waals surface area contributed by atoms with Crippen molar-refractivity contribution in [3.05, 3.63) is 0 Å². The van der Waals surface area contributed by atoms with E-state index < -0.39 is 0 Å². The minimum atomic E-state index is 0.262. The molecule has 0 amide bonds. The van der Waals surface area contributed by atoms with Crippen LogP contribution in [0.4, 0.5) is 0 Å². The minimum Gasteiger partial charge on any atom is -0.314 e. The summed E-state index contributed by atoms with van der Waals surface area (Å²) in [5.74, 6) is 0.262. The Kier molecular flexibility index (Phi) is 3.02. The van der Waals surface area contributed by atoms with Gasteiger partial charge in [-0.15, -0.1) is 0 Å². The largest absolute Gasteiger partial charge is 0.314 e. The van der Waals surface area contributed by atoms with Gasteiger partial charge in [0, 0.05) is 31.6 Å². The molecule has 0 aromatic rings. The summed E-state index contributed by atoms with van der Waals surface area (Å²) in [6, 6.07) is 0.837. The summed E-state index contributed by atoms with van der Waals surface area (Å²) in [5.41, 5.74) is 0. The highest BCUT2D eigenvalue weighted by molar-refractivity contribution is 5.76. The summed E-state index contributed by atoms with van der Waals surface area (Å²) in [7, 11) is 0. The van der Waals surface area contributed by atoms with Crippen LogP contribution in [0, 0.1) is 0 Å². The second-order valence-corrected chi connectivity index (χ2v) is 3.33. The molecule has 1 aliphatic rings. The van der Waals surface area contributed by atoms with Crippen molar-refractivity contribution in [2.75, 3.05) is 13.1 Å². The van der Waals surface area contributed by atoms with E-state index in [4.69, 9.17) is 0 Å². The van der Waals surface area contributed by atoms with Gasteiger partial charge in [-0.1, -0.05) is 0 Å². The Hall–Kier alpha value is -0.410. The fourth-order valence-electron chi connectivity index (χ4n) is 1.47. The molecule has 3 heteroatoms. The lowest BCUT2D eigenvalue weighted by Crippen LogP contribution is -2.54. The van der Waals surface area contributed by atoms with Gasteiger partial charge < -0.3 is 10.6 Å². The molecule has 2 N–H and O–H groups in total. The first-order valence-electron chi connectivity index (χ1n) is 4.14. The van der Waals surface area contributed by atoms with Crippen molar-refractivity contribution in [1.82, 2.24) is 10.6 Å². The molecule has 0 saturated carbocycles. The fourth-order valence-corrected chi connectivity index (χ4v) is 1.47. The van der Waals surface area contributed by atoms with Crippen LogP contribution in [-0.2, 0) is 4.79 Å². The molecule has 3 nitrogen and oxygen atoms in total. The van der Waals surface area contributed by atoms with E-state index in [0.717, 1.165) is 13.1 Å². The van der Waals surface area contributed by atoms with Crippen LogP contribution >= 0.6 is 0 Å². The predicted octanol–water partition coefficient (Wildman–Crippen LogP) is -0.0846. The Morgan fingerprint density at radius 1 is 1.55 bits per heavy atom. The lowest BCUT2D eigenvalue weighted by atomic mass is 10.1. The first-order chi connectivity index (χ1) is 5.18. The van der Waals surface area contributed by atoms with Crippen molar-refractivity contribution >= 4 is 5.78 Å². The van der Waals surface area contributed by atoms with Crippen molar-refractivity contribution in [3.8, 4) is 0 Å². The van der Waals surface area contributed by atoms with Crippen LogP contribution in [-0.4, -0.2) is 31.0 Å². The van der Waals surface area contributed by atoms with Gasteiger partial charge in [0.05, 0.1) is 0 Å². The topological polar surface area (TPSA) is 41.1 Å². The van der Waals surface area contributed by atoms with Crippen LogP contribution < -0.4 is 10.6 Å². The highest BCUT2D eigenvalue weighted by Crippen LogP contribution is 1.98. The third kappa shape index (κ3) is 2.99. The maximum atomic E-state index is 10.8. The van der Waals surface area contributed by atoms with Gasteiger partial charge in [0.25, 0.3) is 0 Å². The van der Waals surface area contributed by atoms with E-state index in [1.807, 2.05) is 0 Å². The monoisotopic (exact) mass is 156 g/mol. The Morgan fingerprint density at radius 2 is 2.27 bits per heavy atom. The van der Waals surface area contributed by atoms with E-state index in [9.17, 15) is 4.79 Å². The number of ketones is 1. The zero-order valence-electron chi connectivity index (χ0n) is 7.18. The molecular weight excluding hydrogens is 140 g/mol. The zero-order chi connectivity index (χ0) is 8.27. The second kappa shape index (κ2) is 3.83. The van der Waals surface area contributed by atoms with E-state index in [1.165, 1.54) is 0 Å². The first-order valence-corrected chi connectivity index (χ1v) is 4.14. The van der Waals surface area contributed by atoms with E-state index in [1.54, 1.807) is 6.92 Å². The SMILES string of the molecule is CC(=O)C[C@@H]1CNC[C@@H](C)N1. The van der Waals surface area contributed by atoms with Gasteiger partial charge in [0.15, 0.2) is 0 Å². The predicted molar refractivity (Wildman–Crippen MR) is 44.6 cm³/mol. The third-order valence-electron chi connectivity index (χ3n) is 1.90. The number of carbonyl (C=O) groups excluding carboxylic acids is 1. The van der Waals surface area contributed by atoms with Gasteiger partial charge in [-0.25, -0.2) is 0 Å². The zero-order valence-corrected chi connectivity index (χ0v) is 7.18. The molecule has 0 aromatic heterocycles. The Balaban J connectivity index is 2.28. The fraction of sp³-hybridized carbons (Fsp3) is 0.875. The minimum absolute atomic E-state index is 0.262. The molecule has 1 fully saturated rings. The molecule has 0 aliphatic carbocycles. The number of Topliss-reactive ketones (excluding diaryl/α,β-unsaturated/α-hetero) is 1. The molecule has 1 heterocycles. The van der Waals surface area contributed by atoms with E-state index in [-0.39, 0.29) is 5.78 Å². The molecule has 0 bridgehead atoms. The van der Waals surface area contributed by atoms with Gasteiger partial charge in [0.2, 0.25) is 0 Å². The van der Waals surface area contributed by atoms with Gasteiger partial charge in [-0.3, -0.25) is 4.79 Å². The van der Waals surface area contributed by atoms with Gasteiger partial charge in [0.1, 0.15) is 5.78 Å². The summed E-state index contributed by atoms with van der Waals surface area (Å²) >= 11 is 0. The molecule has 1 saturated heterocycles. The van der Waals surface area contributed by atoms with E-state index >= 15 is 0 Å². The number of piperazine rings is 1. The van der Waals surface area contributed by atoms with Crippen molar-refractivity contribution in [2.45, 2.75) is 32.4 Å². The average Bonchev–Trinajstić information content (AvgIpc) is 1.85. The smallest absolute Gasteiger partial charge is 0.131 e. The van der Waals surface area contributed by atoms with Crippen LogP contribution in [0.2, 0.25) is 0 Å². The maximum Gasteiger partial charge on any atom is 0.131 e. The average molecular weight is 156 g/mol. The molecule has 1 aliphatic heterocycles. The van der Waals surface area contributed by atoms with Gasteiger partial charge >= 0.3 is 0 Å². The molecule has 2 atom stereocenters. The number of hydrogen-bond acceptors (Lipinski definition) is 3. The molecule has 0 spiro atoms. The van der Waals surface area contributed by atoms with Crippen LogP contribution in [0.1, 0.15) is 20.3 Å².